The van der Waals surface area contributed by atoms with Crippen LogP contribution in [0.4, 0.5) is 10.5 Å². The van der Waals surface area contributed by atoms with Crippen molar-refractivity contribution in [2.45, 2.75) is 32.2 Å². The molecule has 1 aliphatic heterocycles. The van der Waals surface area contributed by atoms with Crippen LogP contribution in [-0.2, 0) is 4.79 Å². The predicted octanol–water partition coefficient (Wildman–Crippen LogP) is 2.18. The lowest BCUT2D eigenvalue weighted by molar-refractivity contribution is -0.139. The van der Waals surface area contributed by atoms with Gasteiger partial charge in [0.1, 0.15) is 0 Å². The summed E-state index contributed by atoms with van der Waals surface area (Å²) in [5.74, 6) is -1.37. The summed E-state index contributed by atoms with van der Waals surface area (Å²) in [4.78, 5) is 25.0. The Morgan fingerprint density at radius 1 is 1.37 bits per heavy atom. The molecule has 0 saturated carbocycles. The first-order chi connectivity index (χ1) is 9.00. The van der Waals surface area contributed by atoms with Crippen molar-refractivity contribution in [2.75, 3.05) is 11.4 Å². The van der Waals surface area contributed by atoms with Gasteiger partial charge >= 0.3 is 12.0 Å². The van der Waals surface area contributed by atoms with Crippen molar-refractivity contribution >= 4 is 17.7 Å². The standard InChI is InChI=1S/C14H18N2O3/c1-9(2)15-14(19)16-8-7-11(13(17)18)10-5-3-4-6-12(10)16/h3-6,9,11H,7-8H2,1-2H3,(H,15,19)(H,17,18). The zero-order valence-corrected chi connectivity index (χ0v) is 11.1. The van der Waals surface area contributed by atoms with Crippen molar-refractivity contribution in [2.24, 2.45) is 0 Å². The number of carboxylic acid groups (broad SMARTS) is 1. The number of hydrogen-bond donors (Lipinski definition) is 2. The number of nitrogens with one attached hydrogen (secondary N) is 1. The summed E-state index contributed by atoms with van der Waals surface area (Å²) in [6.07, 6.45) is 0.442. The highest BCUT2D eigenvalue weighted by atomic mass is 16.4. The molecule has 1 heterocycles. The van der Waals surface area contributed by atoms with E-state index in [-0.39, 0.29) is 12.1 Å². The molecule has 2 amide bonds. The molecule has 1 aliphatic rings. The van der Waals surface area contributed by atoms with E-state index in [1.807, 2.05) is 19.9 Å². The third-order valence-electron chi connectivity index (χ3n) is 3.20. The minimum absolute atomic E-state index is 0.0526. The lowest BCUT2D eigenvalue weighted by Gasteiger charge is -2.33. The first-order valence-corrected chi connectivity index (χ1v) is 6.40. The van der Waals surface area contributed by atoms with Gasteiger partial charge in [-0.15, -0.1) is 0 Å². The zero-order valence-electron chi connectivity index (χ0n) is 11.1. The van der Waals surface area contributed by atoms with Crippen LogP contribution in [0.15, 0.2) is 24.3 Å². The van der Waals surface area contributed by atoms with Crippen molar-refractivity contribution < 1.29 is 14.7 Å². The number of hydrogen-bond acceptors (Lipinski definition) is 2. The van der Waals surface area contributed by atoms with E-state index < -0.39 is 11.9 Å². The van der Waals surface area contributed by atoms with Crippen molar-refractivity contribution in [3.8, 4) is 0 Å². The maximum atomic E-state index is 12.1. The monoisotopic (exact) mass is 262 g/mol. The lowest BCUT2D eigenvalue weighted by Crippen LogP contribution is -2.46. The summed E-state index contributed by atoms with van der Waals surface area (Å²) in [6.45, 7) is 4.22. The summed E-state index contributed by atoms with van der Waals surface area (Å²) in [5, 5.41) is 12.1. The van der Waals surface area contributed by atoms with Gasteiger partial charge in [-0.05, 0) is 31.9 Å². The number of carbonyl (C=O) groups excluding carboxylic acids is 1. The highest BCUT2D eigenvalue weighted by molar-refractivity contribution is 5.95. The SMILES string of the molecule is CC(C)NC(=O)N1CCC(C(=O)O)c2ccccc21. The van der Waals surface area contributed by atoms with Crippen molar-refractivity contribution in [3.63, 3.8) is 0 Å². The van der Waals surface area contributed by atoms with Crippen LogP contribution in [-0.4, -0.2) is 29.7 Å². The molecule has 1 aromatic carbocycles. The molecule has 0 saturated heterocycles. The molecule has 1 unspecified atom stereocenters. The predicted molar refractivity (Wildman–Crippen MR) is 72.4 cm³/mol. The lowest BCUT2D eigenvalue weighted by atomic mass is 9.90. The number of fused-ring (bicyclic) bond motifs is 1. The largest absolute Gasteiger partial charge is 0.481 e. The summed E-state index contributed by atoms with van der Waals surface area (Å²) < 4.78 is 0. The molecule has 0 bridgehead atoms. The Labute approximate surface area is 112 Å². The van der Waals surface area contributed by atoms with Crippen LogP contribution in [0.5, 0.6) is 0 Å². The summed E-state index contributed by atoms with van der Waals surface area (Å²) in [5.41, 5.74) is 1.40. The number of carbonyl (C=O) groups is 2. The number of benzene rings is 1. The molecule has 1 atom stereocenters. The Morgan fingerprint density at radius 2 is 2.05 bits per heavy atom. The number of carboxylic acids is 1. The molecule has 1 aromatic rings. The van der Waals surface area contributed by atoms with Gasteiger partial charge in [0, 0.05) is 18.3 Å². The van der Waals surface area contributed by atoms with Gasteiger partial charge < -0.3 is 10.4 Å². The van der Waals surface area contributed by atoms with Gasteiger partial charge in [0.05, 0.1) is 5.92 Å². The topological polar surface area (TPSA) is 69.6 Å². The van der Waals surface area contributed by atoms with Crippen LogP contribution >= 0.6 is 0 Å². The molecule has 0 fully saturated rings. The van der Waals surface area contributed by atoms with Gasteiger partial charge in [-0.25, -0.2) is 4.79 Å². The number of rotatable bonds is 2. The van der Waals surface area contributed by atoms with E-state index in [0.29, 0.717) is 24.2 Å². The zero-order chi connectivity index (χ0) is 14.0. The van der Waals surface area contributed by atoms with Crippen LogP contribution in [0.3, 0.4) is 0 Å². The Hall–Kier alpha value is -2.04. The quantitative estimate of drug-likeness (QED) is 0.858. The number of para-hydroxylation sites is 1. The Morgan fingerprint density at radius 3 is 2.68 bits per heavy atom. The highest BCUT2D eigenvalue weighted by Crippen LogP contribution is 2.35. The molecule has 0 spiro atoms. The van der Waals surface area contributed by atoms with Gasteiger partial charge in [0.25, 0.3) is 0 Å². The number of amides is 2. The molecular formula is C14H18N2O3. The minimum Gasteiger partial charge on any atom is -0.481 e. The third-order valence-corrected chi connectivity index (χ3v) is 3.20. The van der Waals surface area contributed by atoms with E-state index in [2.05, 4.69) is 5.32 Å². The summed E-state index contributed by atoms with van der Waals surface area (Å²) in [7, 11) is 0. The second kappa shape index (κ2) is 5.30. The molecule has 19 heavy (non-hydrogen) atoms. The first kappa shape index (κ1) is 13.4. The molecule has 102 valence electrons. The first-order valence-electron chi connectivity index (χ1n) is 6.40. The average molecular weight is 262 g/mol. The Balaban J connectivity index is 2.33. The number of urea groups is 1. The van der Waals surface area contributed by atoms with E-state index >= 15 is 0 Å². The molecule has 5 nitrogen and oxygen atoms in total. The van der Waals surface area contributed by atoms with Crippen LogP contribution in [0.1, 0.15) is 31.7 Å². The highest BCUT2D eigenvalue weighted by Gasteiger charge is 2.32. The van der Waals surface area contributed by atoms with Crippen LogP contribution in [0, 0.1) is 0 Å². The van der Waals surface area contributed by atoms with E-state index in [0.717, 1.165) is 0 Å². The number of aliphatic carboxylic acids is 1. The molecular weight excluding hydrogens is 244 g/mol. The van der Waals surface area contributed by atoms with E-state index in [4.69, 9.17) is 0 Å². The fraction of sp³-hybridized carbons (Fsp3) is 0.429. The van der Waals surface area contributed by atoms with Gasteiger partial charge in [0.15, 0.2) is 0 Å². The van der Waals surface area contributed by atoms with Crippen LogP contribution in [0.2, 0.25) is 0 Å². The second-order valence-electron chi connectivity index (χ2n) is 4.99. The molecule has 0 radical (unpaired) electrons. The van der Waals surface area contributed by atoms with Crippen molar-refractivity contribution in [1.29, 1.82) is 0 Å². The minimum atomic E-state index is -0.837. The second-order valence-corrected chi connectivity index (χ2v) is 4.99. The average Bonchev–Trinajstić information content (AvgIpc) is 2.36. The summed E-state index contributed by atoms with van der Waals surface area (Å²) in [6, 6.07) is 7.08. The molecule has 2 rings (SSSR count). The maximum Gasteiger partial charge on any atom is 0.322 e. The maximum absolute atomic E-state index is 12.1. The number of nitrogens with zero attached hydrogens (tertiary/aromatic N) is 1. The van der Waals surface area contributed by atoms with E-state index in [9.17, 15) is 14.7 Å². The molecule has 0 aliphatic carbocycles. The van der Waals surface area contributed by atoms with Crippen LogP contribution < -0.4 is 10.2 Å². The Bertz CT molecular complexity index is 499. The fourth-order valence-corrected chi connectivity index (χ4v) is 2.35. The van der Waals surface area contributed by atoms with Crippen LogP contribution in [0.25, 0.3) is 0 Å². The Kier molecular flexibility index (Phi) is 3.74. The summed E-state index contributed by atoms with van der Waals surface area (Å²) >= 11 is 0. The normalized spacial score (nSPS) is 18.1. The molecule has 5 heteroatoms. The van der Waals surface area contributed by atoms with Gasteiger partial charge in [0.2, 0.25) is 0 Å². The van der Waals surface area contributed by atoms with Crippen molar-refractivity contribution in [3.05, 3.63) is 29.8 Å². The smallest absolute Gasteiger partial charge is 0.322 e. The van der Waals surface area contributed by atoms with E-state index in [1.54, 1.807) is 23.1 Å². The van der Waals surface area contributed by atoms with Gasteiger partial charge in [-0.2, -0.15) is 0 Å². The molecule has 0 aromatic heterocycles. The van der Waals surface area contributed by atoms with Gasteiger partial charge in [-0.3, -0.25) is 9.69 Å². The third kappa shape index (κ3) is 2.70. The molecule has 2 N–H and O–H groups in total. The fourth-order valence-electron chi connectivity index (χ4n) is 2.35. The van der Waals surface area contributed by atoms with E-state index in [1.165, 1.54) is 0 Å². The van der Waals surface area contributed by atoms with Crippen molar-refractivity contribution in [1.82, 2.24) is 5.32 Å². The number of anilines is 1. The van der Waals surface area contributed by atoms with Gasteiger partial charge in [-0.1, -0.05) is 18.2 Å².